The molecule has 4 heteroatoms. The van der Waals surface area contributed by atoms with Crippen molar-refractivity contribution in [1.29, 1.82) is 0 Å². The van der Waals surface area contributed by atoms with Gasteiger partial charge in [-0.1, -0.05) is 15.9 Å². The summed E-state index contributed by atoms with van der Waals surface area (Å²) in [6.45, 7) is 7.20. The van der Waals surface area contributed by atoms with Gasteiger partial charge in [0.1, 0.15) is 5.75 Å². The van der Waals surface area contributed by atoms with Crippen molar-refractivity contribution in [3.05, 3.63) is 28.2 Å². The molecule has 0 heterocycles. The van der Waals surface area contributed by atoms with Gasteiger partial charge >= 0.3 is 0 Å². The van der Waals surface area contributed by atoms with E-state index in [1.807, 2.05) is 12.1 Å². The monoisotopic (exact) mass is 287 g/mol. The molecule has 84 valence electrons. The van der Waals surface area contributed by atoms with Crippen molar-refractivity contribution in [2.45, 2.75) is 26.1 Å². The van der Waals surface area contributed by atoms with Crippen LogP contribution >= 0.6 is 15.9 Å². The van der Waals surface area contributed by atoms with Crippen LogP contribution < -0.4 is 10.2 Å². The van der Waals surface area contributed by atoms with E-state index in [1.165, 1.54) is 5.56 Å². The third kappa shape index (κ3) is 4.36. The highest BCUT2D eigenvalue weighted by Gasteiger charge is 2.16. The zero-order chi connectivity index (χ0) is 11.5. The third-order valence-corrected chi connectivity index (χ3v) is 3.48. The molecule has 0 unspecified atom stereocenters. The molecule has 0 aliphatic heterocycles. The van der Waals surface area contributed by atoms with E-state index in [2.05, 4.69) is 41.6 Å². The minimum absolute atomic E-state index is 0.662. The van der Waals surface area contributed by atoms with E-state index in [0.717, 1.165) is 16.6 Å². The van der Waals surface area contributed by atoms with Crippen LogP contribution in [0.4, 0.5) is 0 Å². The van der Waals surface area contributed by atoms with E-state index in [0.29, 0.717) is 6.54 Å². The molecular weight excluding hydrogens is 270 g/mol. The van der Waals surface area contributed by atoms with Gasteiger partial charge in [0.25, 0.3) is 0 Å². The Kier molecular flexibility index (Phi) is 4.37. The fourth-order valence-electron chi connectivity index (χ4n) is 1.32. The van der Waals surface area contributed by atoms with Crippen molar-refractivity contribution in [1.82, 2.24) is 0 Å². The van der Waals surface area contributed by atoms with Gasteiger partial charge in [0.15, 0.2) is 0 Å². The first-order valence-electron chi connectivity index (χ1n) is 5.10. The Labute approximate surface area is 101 Å². The van der Waals surface area contributed by atoms with E-state index in [-0.39, 0.29) is 0 Å². The molecule has 1 aromatic rings. The predicted molar refractivity (Wildman–Crippen MR) is 70.9 cm³/mol. The summed E-state index contributed by atoms with van der Waals surface area (Å²) in [5.41, 5.74) is 6.77. The van der Waals surface area contributed by atoms with Gasteiger partial charge in [0.2, 0.25) is 8.32 Å². The van der Waals surface area contributed by atoms with Crippen LogP contribution in [0.3, 0.4) is 0 Å². The molecule has 2 nitrogen and oxygen atoms in total. The van der Waals surface area contributed by atoms with Gasteiger partial charge < -0.3 is 10.2 Å². The molecule has 0 atom stereocenters. The minimum atomic E-state index is -1.51. The maximum atomic E-state index is 5.92. The van der Waals surface area contributed by atoms with Crippen LogP contribution in [-0.4, -0.2) is 14.9 Å². The second kappa shape index (κ2) is 5.14. The lowest BCUT2D eigenvalue weighted by molar-refractivity contribution is 0.556. The van der Waals surface area contributed by atoms with Crippen molar-refractivity contribution < 1.29 is 4.43 Å². The summed E-state index contributed by atoms with van der Waals surface area (Å²) in [5.74, 6) is 0.959. The Morgan fingerprint density at radius 2 is 2.00 bits per heavy atom. The maximum absolute atomic E-state index is 5.92. The maximum Gasteiger partial charge on any atom is 0.242 e. The van der Waals surface area contributed by atoms with Crippen molar-refractivity contribution >= 4 is 24.2 Å². The normalized spacial score (nSPS) is 11.5. The van der Waals surface area contributed by atoms with Crippen molar-refractivity contribution in [2.24, 2.45) is 5.73 Å². The molecule has 0 aromatic heterocycles. The van der Waals surface area contributed by atoms with Gasteiger partial charge in [0.05, 0.1) is 0 Å². The van der Waals surface area contributed by atoms with Gasteiger partial charge in [-0.25, -0.2) is 0 Å². The van der Waals surface area contributed by atoms with Crippen molar-refractivity contribution in [3.63, 3.8) is 0 Å². The van der Waals surface area contributed by atoms with Crippen LogP contribution in [0.5, 0.6) is 5.75 Å². The molecule has 1 aromatic carbocycles. The Hall–Kier alpha value is -0.323. The van der Waals surface area contributed by atoms with Gasteiger partial charge in [-0.3, -0.25) is 0 Å². The molecule has 2 N–H and O–H groups in total. The number of rotatable bonds is 4. The standard InChI is InChI=1S/C11H18BrNOSi/c1-15(2,3)14-10-4-5-11(12)9(8-10)6-7-13/h4-5,8H,6-7,13H2,1-3H3. The molecule has 0 saturated carbocycles. The lowest BCUT2D eigenvalue weighted by Gasteiger charge is -2.20. The average molecular weight is 288 g/mol. The highest BCUT2D eigenvalue weighted by molar-refractivity contribution is 9.10. The lowest BCUT2D eigenvalue weighted by atomic mass is 10.1. The van der Waals surface area contributed by atoms with Crippen molar-refractivity contribution in [2.75, 3.05) is 6.54 Å². The summed E-state index contributed by atoms with van der Waals surface area (Å²) >= 11 is 3.51. The lowest BCUT2D eigenvalue weighted by Crippen LogP contribution is -2.29. The summed E-state index contributed by atoms with van der Waals surface area (Å²) in [4.78, 5) is 0. The Morgan fingerprint density at radius 3 is 2.53 bits per heavy atom. The Balaban J connectivity index is 2.87. The molecular formula is C11H18BrNOSi. The van der Waals surface area contributed by atoms with Crippen LogP contribution in [0.1, 0.15) is 5.56 Å². The molecule has 0 spiro atoms. The van der Waals surface area contributed by atoms with E-state index in [4.69, 9.17) is 10.2 Å². The van der Waals surface area contributed by atoms with E-state index >= 15 is 0 Å². The number of benzene rings is 1. The van der Waals surface area contributed by atoms with Crippen LogP contribution in [0.15, 0.2) is 22.7 Å². The molecule has 0 bridgehead atoms. The summed E-state index contributed by atoms with van der Waals surface area (Å²) in [6, 6.07) is 6.11. The fourth-order valence-corrected chi connectivity index (χ4v) is 2.59. The van der Waals surface area contributed by atoms with E-state index < -0.39 is 8.32 Å². The summed E-state index contributed by atoms with van der Waals surface area (Å²) in [6.07, 6.45) is 0.878. The van der Waals surface area contributed by atoms with Crippen LogP contribution in [0.2, 0.25) is 19.6 Å². The largest absolute Gasteiger partial charge is 0.544 e. The van der Waals surface area contributed by atoms with Gasteiger partial charge in [-0.2, -0.15) is 0 Å². The third-order valence-electron chi connectivity index (χ3n) is 1.85. The number of hydrogen-bond acceptors (Lipinski definition) is 2. The summed E-state index contributed by atoms with van der Waals surface area (Å²) in [7, 11) is -1.51. The minimum Gasteiger partial charge on any atom is -0.544 e. The molecule has 0 amide bonds. The zero-order valence-electron chi connectivity index (χ0n) is 9.51. The molecule has 1 rings (SSSR count). The van der Waals surface area contributed by atoms with Crippen LogP contribution in [0.25, 0.3) is 0 Å². The number of nitrogens with two attached hydrogens (primary N) is 1. The SMILES string of the molecule is C[Si](C)(C)Oc1ccc(Br)c(CCN)c1. The average Bonchev–Trinajstić information content (AvgIpc) is 2.09. The van der Waals surface area contributed by atoms with Gasteiger partial charge in [0, 0.05) is 4.47 Å². The van der Waals surface area contributed by atoms with Gasteiger partial charge in [-0.15, -0.1) is 0 Å². The Bertz CT molecular complexity index is 336. The van der Waals surface area contributed by atoms with Crippen molar-refractivity contribution in [3.8, 4) is 5.75 Å². The second-order valence-corrected chi connectivity index (χ2v) is 9.79. The topological polar surface area (TPSA) is 35.2 Å². The number of hydrogen-bond donors (Lipinski definition) is 1. The summed E-state index contributed by atoms with van der Waals surface area (Å²) in [5, 5.41) is 0. The molecule has 15 heavy (non-hydrogen) atoms. The highest BCUT2D eigenvalue weighted by Crippen LogP contribution is 2.24. The number of halogens is 1. The van der Waals surface area contributed by atoms with E-state index in [1.54, 1.807) is 0 Å². The van der Waals surface area contributed by atoms with Gasteiger partial charge in [-0.05, 0) is 56.4 Å². The fraction of sp³-hybridized carbons (Fsp3) is 0.455. The molecule has 0 aliphatic carbocycles. The summed E-state index contributed by atoms with van der Waals surface area (Å²) < 4.78 is 7.03. The molecule has 0 radical (unpaired) electrons. The highest BCUT2D eigenvalue weighted by atomic mass is 79.9. The predicted octanol–water partition coefficient (Wildman–Crippen LogP) is 3.16. The second-order valence-electron chi connectivity index (χ2n) is 4.51. The zero-order valence-corrected chi connectivity index (χ0v) is 12.1. The first-order valence-corrected chi connectivity index (χ1v) is 9.30. The first-order chi connectivity index (χ1) is 6.92. The first kappa shape index (κ1) is 12.7. The quantitative estimate of drug-likeness (QED) is 0.864. The molecule has 0 saturated heterocycles. The van der Waals surface area contributed by atoms with Crippen LogP contribution in [0, 0.1) is 0 Å². The molecule has 0 fully saturated rings. The van der Waals surface area contributed by atoms with Crippen LogP contribution in [-0.2, 0) is 6.42 Å². The Morgan fingerprint density at radius 1 is 1.33 bits per heavy atom. The molecule has 0 aliphatic rings. The smallest absolute Gasteiger partial charge is 0.242 e. The van der Waals surface area contributed by atoms with E-state index in [9.17, 15) is 0 Å².